The quantitative estimate of drug-likeness (QED) is 0.695. The molecule has 0 bridgehead atoms. The summed E-state index contributed by atoms with van der Waals surface area (Å²) in [5.41, 5.74) is 1.95. The topological polar surface area (TPSA) is 29.0 Å². The van der Waals surface area contributed by atoms with Crippen molar-refractivity contribution in [3.05, 3.63) is 17.6 Å². The number of hydrogen-bond donors (Lipinski definition) is 0. The van der Waals surface area contributed by atoms with Crippen molar-refractivity contribution < 1.29 is 0 Å². The minimum Gasteiger partial charge on any atom is -0.357 e. The molecule has 13 heavy (non-hydrogen) atoms. The number of halogens is 1. The highest BCUT2D eigenvalue weighted by molar-refractivity contribution is 6.18. The first-order valence-corrected chi connectivity index (χ1v) is 4.76. The lowest BCUT2D eigenvalue weighted by Gasteiger charge is -2.16. The molecule has 4 heteroatoms. The number of anilines is 1. The van der Waals surface area contributed by atoms with Crippen molar-refractivity contribution in [1.82, 2.24) is 9.97 Å². The standard InChI is InChI=1S/C9H14ClN3/c1-7-8(2)12-9(6-11-7)13(3)5-4-10/h6H,4-5H2,1-3H3. The molecular formula is C9H14ClN3. The molecular weight excluding hydrogens is 186 g/mol. The molecule has 1 rings (SSSR count). The second-order valence-electron chi connectivity index (χ2n) is 3.01. The molecule has 0 radical (unpaired) electrons. The Balaban J connectivity index is 2.84. The first kappa shape index (κ1) is 10.3. The van der Waals surface area contributed by atoms with Crippen LogP contribution in [0.3, 0.4) is 0 Å². The van der Waals surface area contributed by atoms with Crippen molar-refractivity contribution in [2.45, 2.75) is 13.8 Å². The van der Waals surface area contributed by atoms with Gasteiger partial charge in [-0.15, -0.1) is 11.6 Å². The Morgan fingerprint density at radius 2 is 2.08 bits per heavy atom. The van der Waals surface area contributed by atoms with E-state index in [0.717, 1.165) is 23.8 Å². The SMILES string of the molecule is Cc1ncc(N(C)CCCl)nc1C. The normalized spacial score (nSPS) is 10.2. The molecule has 0 amide bonds. The van der Waals surface area contributed by atoms with Gasteiger partial charge in [0, 0.05) is 19.5 Å². The zero-order chi connectivity index (χ0) is 9.84. The summed E-state index contributed by atoms with van der Waals surface area (Å²) < 4.78 is 0. The predicted molar refractivity (Wildman–Crippen MR) is 55.5 cm³/mol. The van der Waals surface area contributed by atoms with Crippen LogP contribution in [-0.2, 0) is 0 Å². The van der Waals surface area contributed by atoms with E-state index in [1.807, 2.05) is 25.8 Å². The van der Waals surface area contributed by atoms with Crippen LogP contribution in [0.5, 0.6) is 0 Å². The van der Waals surface area contributed by atoms with E-state index in [9.17, 15) is 0 Å². The average Bonchev–Trinajstić information content (AvgIpc) is 2.10. The second kappa shape index (κ2) is 4.42. The van der Waals surface area contributed by atoms with Gasteiger partial charge in [0.1, 0.15) is 5.82 Å². The summed E-state index contributed by atoms with van der Waals surface area (Å²) in [5.74, 6) is 1.48. The van der Waals surface area contributed by atoms with Gasteiger partial charge in [-0.05, 0) is 13.8 Å². The third-order valence-corrected chi connectivity index (χ3v) is 2.16. The van der Waals surface area contributed by atoms with Gasteiger partial charge in [-0.1, -0.05) is 0 Å². The molecule has 1 aromatic heterocycles. The smallest absolute Gasteiger partial charge is 0.147 e. The zero-order valence-electron chi connectivity index (χ0n) is 8.21. The number of alkyl halides is 1. The summed E-state index contributed by atoms with van der Waals surface area (Å²) in [4.78, 5) is 10.6. The highest BCUT2D eigenvalue weighted by Crippen LogP contribution is 2.09. The van der Waals surface area contributed by atoms with Crippen LogP contribution < -0.4 is 4.90 Å². The van der Waals surface area contributed by atoms with Crippen LogP contribution in [-0.4, -0.2) is 29.4 Å². The summed E-state index contributed by atoms with van der Waals surface area (Å²) in [6.07, 6.45) is 1.77. The molecule has 0 aliphatic carbocycles. The maximum Gasteiger partial charge on any atom is 0.147 e. The Bertz CT molecular complexity index is 288. The van der Waals surface area contributed by atoms with Crippen molar-refractivity contribution in [3.8, 4) is 0 Å². The van der Waals surface area contributed by atoms with Gasteiger partial charge in [0.25, 0.3) is 0 Å². The van der Waals surface area contributed by atoms with E-state index >= 15 is 0 Å². The van der Waals surface area contributed by atoms with Crippen LogP contribution in [0, 0.1) is 13.8 Å². The molecule has 0 unspecified atom stereocenters. The Kier molecular flexibility index (Phi) is 3.48. The summed E-state index contributed by atoms with van der Waals surface area (Å²) >= 11 is 5.63. The number of rotatable bonds is 3. The van der Waals surface area contributed by atoms with Crippen molar-refractivity contribution in [1.29, 1.82) is 0 Å². The fourth-order valence-electron chi connectivity index (χ4n) is 0.955. The van der Waals surface area contributed by atoms with Crippen LogP contribution in [0.1, 0.15) is 11.4 Å². The lowest BCUT2D eigenvalue weighted by Crippen LogP contribution is -2.21. The average molecular weight is 200 g/mol. The second-order valence-corrected chi connectivity index (χ2v) is 3.39. The van der Waals surface area contributed by atoms with Crippen molar-refractivity contribution in [3.63, 3.8) is 0 Å². The Morgan fingerprint density at radius 1 is 1.38 bits per heavy atom. The molecule has 0 N–H and O–H groups in total. The molecule has 0 atom stereocenters. The molecule has 0 saturated heterocycles. The first-order valence-electron chi connectivity index (χ1n) is 4.22. The minimum absolute atomic E-state index is 0.602. The van der Waals surface area contributed by atoms with E-state index in [2.05, 4.69) is 9.97 Å². The third kappa shape index (κ3) is 2.56. The summed E-state index contributed by atoms with van der Waals surface area (Å²) in [5, 5.41) is 0. The highest BCUT2D eigenvalue weighted by Gasteiger charge is 2.03. The van der Waals surface area contributed by atoms with Crippen LogP contribution in [0.15, 0.2) is 6.20 Å². The van der Waals surface area contributed by atoms with E-state index in [0.29, 0.717) is 5.88 Å². The molecule has 0 aliphatic rings. The summed E-state index contributed by atoms with van der Waals surface area (Å²) in [7, 11) is 1.96. The van der Waals surface area contributed by atoms with E-state index in [1.165, 1.54) is 0 Å². The molecule has 1 aromatic rings. The molecule has 3 nitrogen and oxygen atoms in total. The van der Waals surface area contributed by atoms with Gasteiger partial charge in [-0.3, -0.25) is 4.98 Å². The largest absolute Gasteiger partial charge is 0.357 e. The summed E-state index contributed by atoms with van der Waals surface area (Å²) in [6.45, 7) is 4.70. The van der Waals surface area contributed by atoms with E-state index in [-0.39, 0.29) is 0 Å². The Morgan fingerprint density at radius 3 is 2.62 bits per heavy atom. The Hall–Kier alpha value is -0.830. The number of hydrogen-bond acceptors (Lipinski definition) is 3. The summed E-state index contributed by atoms with van der Waals surface area (Å²) in [6, 6.07) is 0. The van der Waals surface area contributed by atoms with Crippen molar-refractivity contribution in [2.75, 3.05) is 24.4 Å². The fourth-order valence-corrected chi connectivity index (χ4v) is 1.21. The van der Waals surface area contributed by atoms with Gasteiger partial charge in [0.15, 0.2) is 0 Å². The number of aryl methyl sites for hydroxylation is 2. The van der Waals surface area contributed by atoms with Gasteiger partial charge in [-0.2, -0.15) is 0 Å². The van der Waals surface area contributed by atoms with Crippen LogP contribution >= 0.6 is 11.6 Å². The third-order valence-electron chi connectivity index (χ3n) is 1.99. The number of nitrogens with zero attached hydrogens (tertiary/aromatic N) is 3. The minimum atomic E-state index is 0.602. The Labute approximate surface area is 83.8 Å². The highest BCUT2D eigenvalue weighted by atomic mass is 35.5. The van der Waals surface area contributed by atoms with E-state index < -0.39 is 0 Å². The molecule has 0 fully saturated rings. The van der Waals surface area contributed by atoms with E-state index in [4.69, 9.17) is 11.6 Å². The van der Waals surface area contributed by atoms with Crippen LogP contribution in [0.25, 0.3) is 0 Å². The lowest BCUT2D eigenvalue weighted by molar-refractivity contribution is 0.911. The first-order chi connectivity index (χ1) is 6.15. The molecule has 0 saturated carbocycles. The van der Waals surface area contributed by atoms with Gasteiger partial charge in [0.05, 0.1) is 17.6 Å². The maximum atomic E-state index is 5.63. The molecule has 72 valence electrons. The predicted octanol–water partition coefficient (Wildman–Crippen LogP) is 1.77. The molecule has 1 heterocycles. The van der Waals surface area contributed by atoms with Gasteiger partial charge < -0.3 is 4.90 Å². The van der Waals surface area contributed by atoms with Crippen molar-refractivity contribution >= 4 is 17.4 Å². The molecule has 0 aromatic carbocycles. The maximum absolute atomic E-state index is 5.63. The number of aromatic nitrogens is 2. The molecule has 0 aliphatic heterocycles. The van der Waals surface area contributed by atoms with Crippen molar-refractivity contribution in [2.24, 2.45) is 0 Å². The van der Waals surface area contributed by atoms with Gasteiger partial charge >= 0.3 is 0 Å². The monoisotopic (exact) mass is 199 g/mol. The zero-order valence-corrected chi connectivity index (χ0v) is 8.97. The van der Waals surface area contributed by atoms with Gasteiger partial charge in [0.2, 0.25) is 0 Å². The van der Waals surface area contributed by atoms with Crippen LogP contribution in [0.2, 0.25) is 0 Å². The lowest BCUT2D eigenvalue weighted by atomic mass is 10.3. The molecule has 0 spiro atoms. The van der Waals surface area contributed by atoms with Gasteiger partial charge in [-0.25, -0.2) is 4.98 Å². The van der Waals surface area contributed by atoms with Crippen LogP contribution in [0.4, 0.5) is 5.82 Å². The van der Waals surface area contributed by atoms with E-state index in [1.54, 1.807) is 6.20 Å². The fraction of sp³-hybridized carbons (Fsp3) is 0.556.